The molecule has 0 atom stereocenters. The first-order valence-corrected chi connectivity index (χ1v) is 8.88. The van der Waals surface area contributed by atoms with Crippen LogP contribution in [0.4, 0.5) is 8.78 Å². The second-order valence-electron chi connectivity index (χ2n) is 6.27. The van der Waals surface area contributed by atoms with Crippen molar-refractivity contribution in [2.24, 2.45) is 0 Å². The van der Waals surface area contributed by atoms with Gasteiger partial charge >= 0.3 is 0 Å². The predicted molar refractivity (Wildman–Crippen MR) is 102 cm³/mol. The second kappa shape index (κ2) is 9.18. The molecule has 0 spiro atoms. The highest BCUT2D eigenvalue weighted by molar-refractivity contribution is 5.78. The van der Waals surface area contributed by atoms with E-state index < -0.39 is 11.6 Å². The molecule has 0 bridgehead atoms. The van der Waals surface area contributed by atoms with Crippen molar-refractivity contribution in [3.05, 3.63) is 65.4 Å². The van der Waals surface area contributed by atoms with Crippen LogP contribution in [0.25, 0.3) is 11.3 Å². The molecule has 2 aromatic carbocycles. The third kappa shape index (κ3) is 5.10. The highest BCUT2D eigenvalue weighted by atomic mass is 19.1. The molecule has 0 saturated carbocycles. The maximum absolute atomic E-state index is 13.8. The average Bonchev–Trinajstić information content (AvgIpc) is 3.15. The molecule has 0 aliphatic rings. The van der Waals surface area contributed by atoms with Gasteiger partial charge < -0.3 is 19.3 Å². The monoisotopic (exact) mass is 402 g/mol. The molecule has 1 N–H and O–H groups in total. The predicted octanol–water partition coefficient (Wildman–Crippen LogP) is 3.54. The number of amides is 1. The Morgan fingerprint density at radius 2 is 1.86 bits per heavy atom. The van der Waals surface area contributed by atoms with Crippen molar-refractivity contribution in [1.82, 2.24) is 10.5 Å². The minimum Gasteiger partial charge on any atom is -0.493 e. The number of nitrogens with zero attached hydrogens (tertiary/aromatic N) is 1. The molecule has 152 valence electrons. The summed E-state index contributed by atoms with van der Waals surface area (Å²) in [6.45, 7) is 0.422. The highest BCUT2D eigenvalue weighted by Gasteiger charge is 2.14. The number of rotatable bonds is 8. The quantitative estimate of drug-likeness (QED) is 0.624. The lowest BCUT2D eigenvalue weighted by molar-refractivity contribution is -0.120. The zero-order valence-corrected chi connectivity index (χ0v) is 16.0. The lowest BCUT2D eigenvalue weighted by Crippen LogP contribution is -2.27. The summed E-state index contributed by atoms with van der Waals surface area (Å²) in [6.07, 6.45) is 0.592. The lowest BCUT2D eigenvalue weighted by atomic mass is 10.1. The number of hydrogen-bond donors (Lipinski definition) is 1. The summed E-state index contributed by atoms with van der Waals surface area (Å²) >= 11 is 0. The van der Waals surface area contributed by atoms with Crippen LogP contribution in [0.3, 0.4) is 0 Å². The van der Waals surface area contributed by atoms with Gasteiger partial charge in [0.1, 0.15) is 11.6 Å². The summed E-state index contributed by atoms with van der Waals surface area (Å²) < 4.78 is 42.4. The highest BCUT2D eigenvalue weighted by Crippen LogP contribution is 2.27. The van der Waals surface area contributed by atoms with Crippen molar-refractivity contribution in [2.45, 2.75) is 12.8 Å². The van der Waals surface area contributed by atoms with E-state index in [-0.39, 0.29) is 23.7 Å². The molecule has 1 heterocycles. The van der Waals surface area contributed by atoms with E-state index in [1.54, 1.807) is 14.2 Å². The van der Waals surface area contributed by atoms with Crippen LogP contribution >= 0.6 is 0 Å². The Morgan fingerprint density at radius 1 is 1.07 bits per heavy atom. The van der Waals surface area contributed by atoms with Crippen LogP contribution in [0.15, 0.2) is 47.0 Å². The first-order valence-electron chi connectivity index (χ1n) is 8.88. The summed E-state index contributed by atoms with van der Waals surface area (Å²) in [5.41, 5.74) is 1.42. The minimum absolute atomic E-state index is 0.0156. The van der Waals surface area contributed by atoms with Gasteiger partial charge in [-0.1, -0.05) is 11.2 Å². The van der Waals surface area contributed by atoms with E-state index in [9.17, 15) is 13.6 Å². The molecule has 8 heteroatoms. The number of nitrogens with one attached hydrogen (secondary N) is 1. The van der Waals surface area contributed by atoms with Crippen LogP contribution in [0.1, 0.15) is 11.3 Å². The molecule has 1 amide bonds. The van der Waals surface area contributed by atoms with Crippen molar-refractivity contribution < 1.29 is 27.6 Å². The fraction of sp³-hybridized carbons (Fsp3) is 0.238. The van der Waals surface area contributed by atoms with Crippen LogP contribution in [-0.4, -0.2) is 31.8 Å². The van der Waals surface area contributed by atoms with Crippen molar-refractivity contribution in [2.75, 3.05) is 20.8 Å². The van der Waals surface area contributed by atoms with E-state index in [1.165, 1.54) is 12.1 Å². The summed E-state index contributed by atoms with van der Waals surface area (Å²) in [7, 11) is 3.13. The van der Waals surface area contributed by atoms with E-state index in [1.807, 2.05) is 18.2 Å². The molecular weight excluding hydrogens is 382 g/mol. The third-order valence-corrected chi connectivity index (χ3v) is 4.28. The van der Waals surface area contributed by atoms with Gasteiger partial charge in [-0.25, -0.2) is 8.78 Å². The Hall–Kier alpha value is -3.42. The van der Waals surface area contributed by atoms with Gasteiger partial charge in [0, 0.05) is 18.7 Å². The molecule has 29 heavy (non-hydrogen) atoms. The summed E-state index contributed by atoms with van der Waals surface area (Å²) in [5, 5.41) is 6.57. The molecule has 0 radical (unpaired) electrons. The second-order valence-corrected chi connectivity index (χ2v) is 6.27. The van der Waals surface area contributed by atoms with Gasteiger partial charge in [-0.05, 0) is 36.2 Å². The number of carbonyl (C=O) groups is 1. The minimum atomic E-state index is -0.757. The Morgan fingerprint density at radius 3 is 2.59 bits per heavy atom. The Bertz CT molecular complexity index is 1000. The Kier molecular flexibility index (Phi) is 6.43. The Labute approximate surface area is 166 Å². The van der Waals surface area contributed by atoms with Crippen LogP contribution in [0.2, 0.25) is 0 Å². The fourth-order valence-corrected chi connectivity index (χ4v) is 2.82. The molecular formula is C21H20F2N2O4. The number of carbonyl (C=O) groups excluding carboxylic acids is 1. The molecule has 0 unspecified atom stereocenters. The molecule has 3 rings (SSSR count). The summed E-state index contributed by atoms with van der Waals surface area (Å²) in [6, 6.07) is 10.2. The molecule has 6 nitrogen and oxygen atoms in total. The van der Waals surface area contributed by atoms with Gasteiger partial charge in [-0.15, -0.1) is 0 Å². The van der Waals surface area contributed by atoms with Gasteiger partial charge in [-0.2, -0.15) is 0 Å². The average molecular weight is 402 g/mol. The maximum atomic E-state index is 13.8. The largest absolute Gasteiger partial charge is 0.493 e. The van der Waals surface area contributed by atoms with Crippen molar-refractivity contribution in [3.63, 3.8) is 0 Å². The standard InChI is InChI=1S/C21H20F2N2O4/c1-27-18-6-3-13(9-20(18)28-2)7-8-24-21(26)12-15-11-19(29-25-15)16-5-4-14(22)10-17(16)23/h3-6,9-11H,7-8,12H2,1-2H3,(H,24,26). The number of aromatic nitrogens is 1. The van der Waals surface area contributed by atoms with Crippen molar-refractivity contribution in [3.8, 4) is 22.8 Å². The van der Waals surface area contributed by atoms with Crippen LogP contribution in [-0.2, 0) is 17.6 Å². The SMILES string of the molecule is COc1ccc(CCNC(=O)Cc2cc(-c3ccc(F)cc3F)on2)cc1OC. The smallest absolute Gasteiger partial charge is 0.226 e. The van der Waals surface area contributed by atoms with Gasteiger partial charge in [0.05, 0.1) is 31.9 Å². The van der Waals surface area contributed by atoms with Crippen LogP contribution in [0, 0.1) is 11.6 Å². The zero-order valence-electron chi connectivity index (χ0n) is 16.0. The van der Waals surface area contributed by atoms with Gasteiger partial charge in [0.15, 0.2) is 17.3 Å². The zero-order chi connectivity index (χ0) is 20.8. The van der Waals surface area contributed by atoms with Gasteiger partial charge in [0.25, 0.3) is 0 Å². The number of hydrogen-bond acceptors (Lipinski definition) is 5. The molecule has 0 aliphatic carbocycles. The van der Waals surface area contributed by atoms with Crippen molar-refractivity contribution in [1.29, 1.82) is 0 Å². The molecule has 0 aliphatic heterocycles. The first-order chi connectivity index (χ1) is 14.0. The van der Waals surface area contributed by atoms with E-state index in [4.69, 9.17) is 14.0 Å². The number of ether oxygens (including phenoxy) is 2. The van der Waals surface area contributed by atoms with E-state index in [0.29, 0.717) is 30.2 Å². The topological polar surface area (TPSA) is 73.6 Å². The van der Waals surface area contributed by atoms with Gasteiger partial charge in [-0.3, -0.25) is 4.79 Å². The first kappa shape index (κ1) is 20.3. The number of benzene rings is 2. The summed E-state index contributed by atoms with van der Waals surface area (Å²) in [4.78, 5) is 12.1. The van der Waals surface area contributed by atoms with E-state index in [2.05, 4.69) is 10.5 Å². The third-order valence-electron chi connectivity index (χ3n) is 4.28. The van der Waals surface area contributed by atoms with E-state index in [0.717, 1.165) is 17.7 Å². The van der Waals surface area contributed by atoms with Crippen molar-refractivity contribution >= 4 is 5.91 Å². The molecule has 1 aromatic heterocycles. The fourth-order valence-electron chi connectivity index (χ4n) is 2.82. The van der Waals surface area contributed by atoms with E-state index >= 15 is 0 Å². The number of methoxy groups -OCH3 is 2. The Balaban J connectivity index is 1.53. The normalized spacial score (nSPS) is 10.6. The molecule has 0 saturated heterocycles. The lowest BCUT2D eigenvalue weighted by Gasteiger charge is -2.10. The summed E-state index contributed by atoms with van der Waals surface area (Å²) in [5.74, 6) is -0.286. The molecule has 0 fully saturated rings. The maximum Gasteiger partial charge on any atom is 0.226 e. The molecule has 3 aromatic rings. The number of halogens is 2. The van der Waals surface area contributed by atoms with Gasteiger partial charge in [0.2, 0.25) is 5.91 Å². The van der Waals surface area contributed by atoms with Crippen LogP contribution < -0.4 is 14.8 Å². The van der Waals surface area contributed by atoms with Crippen LogP contribution in [0.5, 0.6) is 11.5 Å².